The van der Waals surface area contributed by atoms with E-state index in [4.69, 9.17) is 0 Å². The molecule has 3 N–H and O–H groups in total. The van der Waals surface area contributed by atoms with Crippen molar-refractivity contribution in [3.8, 4) is 0 Å². The smallest absolute Gasteiger partial charge is 0.319 e. The van der Waals surface area contributed by atoms with E-state index in [0.29, 0.717) is 23.6 Å². The van der Waals surface area contributed by atoms with Gasteiger partial charge < -0.3 is 15.7 Å². The zero-order valence-corrected chi connectivity index (χ0v) is 14.8. The number of aromatic nitrogens is 3. The molecule has 1 aliphatic carbocycles. The molecule has 0 spiro atoms. The summed E-state index contributed by atoms with van der Waals surface area (Å²) in [5.41, 5.74) is 0.988. The number of anilines is 1. The van der Waals surface area contributed by atoms with Crippen molar-refractivity contribution in [2.75, 3.05) is 5.32 Å². The largest absolute Gasteiger partial charge is 0.481 e. The number of aryl methyl sites for hydroxylation is 1. The number of nitrogens with one attached hydrogen (secondary N) is 2. The Morgan fingerprint density at radius 1 is 1.40 bits per heavy atom. The van der Waals surface area contributed by atoms with Crippen molar-refractivity contribution in [1.29, 1.82) is 0 Å². The molecule has 1 saturated carbocycles. The first-order chi connectivity index (χ1) is 11.7. The maximum absolute atomic E-state index is 12.3. The first-order valence-corrected chi connectivity index (χ1v) is 8.32. The summed E-state index contributed by atoms with van der Waals surface area (Å²) in [5, 5.41) is 19.1. The van der Waals surface area contributed by atoms with E-state index in [9.17, 15) is 14.7 Å². The normalized spacial score (nSPS) is 22.9. The van der Waals surface area contributed by atoms with Crippen molar-refractivity contribution in [3.05, 3.63) is 24.2 Å². The van der Waals surface area contributed by atoms with Crippen LogP contribution in [0.2, 0.25) is 0 Å². The maximum Gasteiger partial charge on any atom is 0.319 e. The van der Waals surface area contributed by atoms with Crippen LogP contribution < -0.4 is 10.6 Å². The second kappa shape index (κ2) is 6.02. The molecule has 3 atom stereocenters. The van der Waals surface area contributed by atoms with E-state index in [1.165, 1.54) is 0 Å². The summed E-state index contributed by atoms with van der Waals surface area (Å²) in [6, 6.07) is 3.11. The van der Waals surface area contributed by atoms with Crippen LogP contribution in [0.15, 0.2) is 18.3 Å². The molecule has 8 heteroatoms. The lowest BCUT2D eigenvalue weighted by atomic mass is 9.53. The van der Waals surface area contributed by atoms with E-state index in [2.05, 4.69) is 20.7 Å². The topological polar surface area (TPSA) is 109 Å². The SMILES string of the molecule is Cc1nc2ccc(NC(=O)NC(C)[C@@H]3C[C@H](C(=O)O)C3(C)C)cn2n1. The van der Waals surface area contributed by atoms with Crippen molar-refractivity contribution >= 4 is 23.3 Å². The second-order valence-corrected chi connectivity index (χ2v) is 7.32. The molecular formula is C17H23N5O3. The predicted octanol–water partition coefficient (Wildman–Crippen LogP) is 2.29. The number of rotatable bonds is 4. The molecule has 25 heavy (non-hydrogen) atoms. The minimum absolute atomic E-state index is 0.122. The van der Waals surface area contributed by atoms with Gasteiger partial charge in [0, 0.05) is 6.04 Å². The summed E-state index contributed by atoms with van der Waals surface area (Å²) < 4.78 is 1.61. The number of carboxylic acids is 1. The fraction of sp³-hybridized carbons (Fsp3) is 0.529. The van der Waals surface area contributed by atoms with E-state index >= 15 is 0 Å². The number of aliphatic carboxylic acids is 1. The van der Waals surface area contributed by atoms with Gasteiger partial charge in [0.15, 0.2) is 5.65 Å². The van der Waals surface area contributed by atoms with Crippen LogP contribution in [0.5, 0.6) is 0 Å². The Bertz CT molecular complexity index is 829. The van der Waals surface area contributed by atoms with E-state index in [1.54, 1.807) is 29.8 Å². The van der Waals surface area contributed by atoms with Crippen LogP contribution in [-0.4, -0.2) is 37.7 Å². The van der Waals surface area contributed by atoms with Gasteiger partial charge in [-0.25, -0.2) is 14.3 Å². The average Bonchev–Trinajstić information content (AvgIpc) is 2.84. The lowest BCUT2D eigenvalue weighted by molar-refractivity contribution is -0.160. The van der Waals surface area contributed by atoms with Crippen LogP contribution >= 0.6 is 0 Å². The number of carboxylic acid groups (broad SMARTS) is 1. The van der Waals surface area contributed by atoms with Gasteiger partial charge in [-0.2, -0.15) is 5.10 Å². The molecule has 1 aliphatic rings. The van der Waals surface area contributed by atoms with Crippen molar-refractivity contribution < 1.29 is 14.7 Å². The number of carbonyl (C=O) groups excluding carboxylic acids is 1. The molecule has 2 heterocycles. The van der Waals surface area contributed by atoms with Gasteiger partial charge in [-0.05, 0) is 43.7 Å². The number of carbonyl (C=O) groups is 2. The van der Waals surface area contributed by atoms with Gasteiger partial charge in [-0.1, -0.05) is 13.8 Å². The molecule has 2 aromatic rings. The van der Waals surface area contributed by atoms with E-state index in [0.717, 1.165) is 0 Å². The number of amides is 2. The van der Waals surface area contributed by atoms with Crippen molar-refractivity contribution in [1.82, 2.24) is 19.9 Å². The molecule has 2 amide bonds. The van der Waals surface area contributed by atoms with Crippen molar-refractivity contribution in [2.45, 2.75) is 40.2 Å². The number of urea groups is 1. The Morgan fingerprint density at radius 3 is 2.76 bits per heavy atom. The molecule has 134 valence electrons. The van der Waals surface area contributed by atoms with Gasteiger partial charge in [0.05, 0.1) is 17.8 Å². The number of nitrogens with zero attached hydrogens (tertiary/aromatic N) is 3. The van der Waals surface area contributed by atoms with Crippen molar-refractivity contribution in [3.63, 3.8) is 0 Å². The summed E-state index contributed by atoms with van der Waals surface area (Å²) >= 11 is 0. The Hall–Kier alpha value is -2.64. The molecule has 1 fully saturated rings. The Kier molecular flexibility index (Phi) is 4.14. The first kappa shape index (κ1) is 17.2. The quantitative estimate of drug-likeness (QED) is 0.788. The minimum atomic E-state index is -0.769. The number of fused-ring (bicyclic) bond motifs is 1. The lowest BCUT2D eigenvalue weighted by Gasteiger charge is -2.52. The molecular weight excluding hydrogens is 322 g/mol. The molecule has 0 aliphatic heterocycles. The van der Waals surface area contributed by atoms with E-state index < -0.39 is 5.97 Å². The van der Waals surface area contributed by atoms with Gasteiger partial charge in [-0.3, -0.25) is 4.79 Å². The predicted molar refractivity (Wildman–Crippen MR) is 92.4 cm³/mol. The highest BCUT2D eigenvalue weighted by atomic mass is 16.4. The maximum atomic E-state index is 12.3. The fourth-order valence-electron chi connectivity index (χ4n) is 3.77. The molecule has 8 nitrogen and oxygen atoms in total. The Balaban J connectivity index is 1.61. The monoisotopic (exact) mass is 345 g/mol. The minimum Gasteiger partial charge on any atom is -0.481 e. The Labute approximate surface area is 145 Å². The first-order valence-electron chi connectivity index (χ1n) is 8.32. The van der Waals surface area contributed by atoms with E-state index in [-0.39, 0.29) is 29.3 Å². The third-order valence-corrected chi connectivity index (χ3v) is 5.30. The number of pyridine rings is 1. The van der Waals surface area contributed by atoms with Crippen LogP contribution in [0, 0.1) is 24.2 Å². The second-order valence-electron chi connectivity index (χ2n) is 7.32. The van der Waals surface area contributed by atoms with Gasteiger partial charge in [-0.15, -0.1) is 0 Å². The van der Waals surface area contributed by atoms with Crippen LogP contribution in [0.3, 0.4) is 0 Å². The third-order valence-electron chi connectivity index (χ3n) is 5.30. The van der Waals surface area contributed by atoms with Crippen LogP contribution in [0.25, 0.3) is 5.65 Å². The average molecular weight is 345 g/mol. The van der Waals surface area contributed by atoms with Crippen LogP contribution in [0.4, 0.5) is 10.5 Å². The lowest BCUT2D eigenvalue weighted by Crippen LogP contribution is -2.57. The van der Waals surface area contributed by atoms with E-state index in [1.807, 2.05) is 20.8 Å². The molecule has 0 radical (unpaired) electrons. The molecule has 1 unspecified atom stereocenters. The summed E-state index contributed by atoms with van der Waals surface area (Å²) in [6.07, 6.45) is 2.28. The standard InChI is InChI=1S/C17H23N5O3/c1-9(12-7-13(15(23)24)17(12,3)4)18-16(25)20-11-5-6-14-19-10(2)21-22(14)8-11/h5-6,8-9,12-13H,7H2,1-4H3,(H,23,24)(H2,18,20,25)/t9?,12-,13+/m0/s1. The van der Waals surface area contributed by atoms with Gasteiger partial charge in [0.25, 0.3) is 0 Å². The van der Waals surface area contributed by atoms with Gasteiger partial charge >= 0.3 is 12.0 Å². The number of hydrogen-bond acceptors (Lipinski definition) is 4. The molecule has 3 rings (SSSR count). The van der Waals surface area contributed by atoms with Crippen LogP contribution in [-0.2, 0) is 4.79 Å². The van der Waals surface area contributed by atoms with Crippen molar-refractivity contribution in [2.24, 2.45) is 17.3 Å². The van der Waals surface area contributed by atoms with Gasteiger partial charge in [0.1, 0.15) is 5.82 Å². The highest BCUT2D eigenvalue weighted by Gasteiger charge is 2.53. The summed E-state index contributed by atoms with van der Waals surface area (Å²) in [5.74, 6) is -0.340. The number of hydrogen-bond donors (Lipinski definition) is 3. The molecule has 0 bridgehead atoms. The third kappa shape index (κ3) is 3.16. The zero-order valence-electron chi connectivity index (χ0n) is 14.8. The highest BCUT2D eigenvalue weighted by Crippen LogP contribution is 2.52. The van der Waals surface area contributed by atoms with Crippen LogP contribution in [0.1, 0.15) is 33.0 Å². The van der Waals surface area contributed by atoms with Gasteiger partial charge in [0.2, 0.25) is 0 Å². The fourth-order valence-corrected chi connectivity index (χ4v) is 3.77. The molecule has 2 aromatic heterocycles. The molecule has 0 saturated heterocycles. The molecule has 0 aromatic carbocycles. The summed E-state index contributed by atoms with van der Waals surface area (Å²) in [4.78, 5) is 27.7. The highest BCUT2D eigenvalue weighted by molar-refractivity contribution is 5.89. The summed E-state index contributed by atoms with van der Waals surface area (Å²) in [7, 11) is 0. The summed E-state index contributed by atoms with van der Waals surface area (Å²) in [6.45, 7) is 7.60. The zero-order chi connectivity index (χ0) is 18.4. The Morgan fingerprint density at radius 2 is 2.12 bits per heavy atom.